The maximum atomic E-state index is 12.6. The van der Waals surface area contributed by atoms with E-state index in [-0.39, 0.29) is 35.9 Å². The van der Waals surface area contributed by atoms with Gasteiger partial charge in [0.25, 0.3) is 0 Å². The van der Waals surface area contributed by atoms with Crippen LogP contribution >= 0.6 is 0 Å². The minimum atomic E-state index is 0. The Morgan fingerprint density at radius 2 is 1.88 bits per heavy atom. The number of aliphatic hydroxyl groups is 1. The number of halogens is 1. The highest BCUT2D eigenvalue weighted by Crippen LogP contribution is 2.20. The Morgan fingerprint density at radius 3 is 2.58 bits per heavy atom. The van der Waals surface area contributed by atoms with Crippen LogP contribution in [0.15, 0.2) is 48.5 Å². The molecule has 5 nitrogen and oxygen atoms in total. The Hall–Kier alpha value is -2.18. The fourth-order valence-electron chi connectivity index (χ4n) is 2.51. The average molecular weight is 389 g/mol. The van der Waals surface area contributed by atoms with Crippen molar-refractivity contribution in [3.8, 4) is 0 Å². The Balaban J connectivity index is 0.00000208. The van der Waals surface area contributed by atoms with Crippen LogP contribution in [0.25, 0.3) is 11.0 Å². The number of nitrogens with one attached hydrogen (secondary N) is 1. The van der Waals surface area contributed by atoms with E-state index in [0.717, 1.165) is 16.6 Å². The molecule has 126 valence electrons. The highest BCUT2D eigenvalue weighted by molar-refractivity contribution is 5.97. The second-order valence-corrected chi connectivity index (χ2v) is 5.45. The average Bonchev–Trinajstić information content (AvgIpc) is 2.91. The van der Waals surface area contributed by atoms with Gasteiger partial charge in [-0.05, 0) is 19.1 Å². The molecule has 0 atom stereocenters. The second-order valence-electron chi connectivity index (χ2n) is 5.45. The van der Waals surface area contributed by atoms with Crippen molar-refractivity contribution in [1.82, 2.24) is 9.55 Å². The molecule has 0 fully saturated rings. The number of aliphatic hydroxyl groups excluding tert-OH is 1. The van der Waals surface area contributed by atoms with Gasteiger partial charge in [-0.15, -0.1) is 0 Å². The molecule has 3 aromatic rings. The smallest absolute Gasteiger partial charge is 0.204 e. The number of fused-ring (bicyclic) bond motifs is 1. The summed E-state index contributed by atoms with van der Waals surface area (Å²) in [4.78, 5) is 17.1. The number of ketones is 1. The standard InChI is InChI=1S/C18H19N3O2.BrH/c1-13-6-8-14(9-7-13)17(23)12-21-16-5-3-2-4-15(16)20-18(21)19-10-11-22;/h2-9,22H,10-12H2,1H3,(H,19,20);1H/p-1. The number of nitrogens with zero attached hydrogens (tertiary/aromatic N) is 2. The molecule has 0 radical (unpaired) electrons. The van der Waals surface area contributed by atoms with Crippen molar-refractivity contribution in [1.29, 1.82) is 0 Å². The highest BCUT2D eigenvalue weighted by atomic mass is 79.9. The summed E-state index contributed by atoms with van der Waals surface area (Å²) in [6.07, 6.45) is 0. The number of benzene rings is 2. The van der Waals surface area contributed by atoms with Crippen LogP contribution in [0.3, 0.4) is 0 Å². The quantitative estimate of drug-likeness (QED) is 0.565. The highest BCUT2D eigenvalue weighted by Gasteiger charge is 2.14. The zero-order valence-corrected chi connectivity index (χ0v) is 15.0. The van der Waals surface area contributed by atoms with Gasteiger partial charge in [0.2, 0.25) is 5.95 Å². The van der Waals surface area contributed by atoms with Gasteiger partial charge in [-0.2, -0.15) is 0 Å². The summed E-state index contributed by atoms with van der Waals surface area (Å²) in [5.74, 6) is 0.626. The van der Waals surface area contributed by atoms with Crippen LogP contribution in [0.1, 0.15) is 15.9 Å². The van der Waals surface area contributed by atoms with E-state index in [9.17, 15) is 4.79 Å². The Morgan fingerprint density at radius 1 is 1.17 bits per heavy atom. The monoisotopic (exact) mass is 388 g/mol. The number of rotatable bonds is 6. The molecule has 3 rings (SSSR count). The van der Waals surface area contributed by atoms with E-state index < -0.39 is 0 Å². The van der Waals surface area contributed by atoms with Crippen LogP contribution in [-0.2, 0) is 6.54 Å². The molecular formula is C18H19BrN3O2-. The van der Waals surface area contributed by atoms with Gasteiger partial charge in [0, 0.05) is 12.1 Å². The molecule has 0 aliphatic carbocycles. The Labute approximate surface area is 151 Å². The summed E-state index contributed by atoms with van der Waals surface area (Å²) < 4.78 is 1.85. The van der Waals surface area contributed by atoms with Gasteiger partial charge in [-0.25, -0.2) is 4.98 Å². The number of hydrogen-bond acceptors (Lipinski definition) is 4. The van der Waals surface area contributed by atoms with Crippen molar-refractivity contribution in [3.63, 3.8) is 0 Å². The first kappa shape index (κ1) is 18.2. The zero-order chi connectivity index (χ0) is 16.2. The van der Waals surface area contributed by atoms with E-state index in [2.05, 4.69) is 10.3 Å². The van der Waals surface area contributed by atoms with Crippen molar-refractivity contribution in [3.05, 3.63) is 59.7 Å². The number of aromatic nitrogens is 2. The van der Waals surface area contributed by atoms with E-state index in [1.54, 1.807) is 0 Å². The number of carbonyl (C=O) groups is 1. The van der Waals surface area contributed by atoms with Crippen molar-refractivity contribution < 1.29 is 26.9 Å². The normalized spacial score (nSPS) is 10.4. The molecule has 1 aromatic heterocycles. The van der Waals surface area contributed by atoms with Gasteiger partial charge in [-0.1, -0.05) is 42.0 Å². The van der Waals surface area contributed by atoms with E-state index in [0.29, 0.717) is 18.1 Å². The van der Waals surface area contributed by atoms with Crippen LogP contribution < -0.4 is 22.3 Å². The molecule has 0 saturated carbocycles. The molecule has 0 bridgehead atoms. The van der Waals surface area contributed by atoms with E-state index in [4.69, 9.17) is 5.11 Å². The molecule has 0 saturated heterocycles. The summed E-state index contributed by atoms with van der Waals surface area (Å²) >= 11 is 0. The number of hydrogen-bond donors (Lipinski definition) is 2. The fourth-order valence-corrected chi connectivity index (χ4v) is 2.51. The molecule has 0 spiro atoms. The predicted octanol–water partition coefficient (Wildman–Crippen LogP) is -0.364. The number of carbonyl (C=O) groups excluding carboxylic acids is 1. The van der Waals surface area contributed by atoms with Crippen LogP contribution in [0.4, 0.5) is 5.95 Å². The molecule has 1 heterocycles. The molecule has 0 amide bonds. The summed E-state index contributed by atoms with van der Waals surface area (Å²) in [7, 11) is 0. The lowest BCUT2D eigenvalue weighted by molar-refractivity contribution is -0.0000137. The van der Waals surface area contributed by atoms with Crippen molar-refractivity contribution in [2.24, 2.45) is 0 Å². The minimum absolute atomic E-state index is 0. The maximum Gasteiger partial charge on any atom is 0.204 e. The summed E-state index contributed by atoms with van der Waals surface area (Å²) in [5, 5.41) is 12.1. The van der Waals surface area contributed by atoms with Crippen molar-refractivity contribution in [2.45, 2.75) is 13.5 Å². The van der Waals surface area contributed by atoms with Gasteiger partial charge < -0.3 is 32.0 Å². The third-order valence-corrected chi connectivity index (χ3v) is 3.72. The lowest BCUT2D eigenvalue weighted by Gasteiger charge is -2.10. The Kier molecular flexibility index (Phi) is 6.11. The van der Waals surface area contributed by atoms with Gasteiger partial charge in [0.05, 0.1) is 24.2 Å². The molecule has 0 aliphatic rings. The molecule has 0 aliphatic heterocycles. The van der Waals surface area contributed by atoms with Gasteiger partial charge in [0.15, 0.2) is 5.78 Å². The first-order chi connectivity index (χ1) is 11.2. The van der Waals surface area contributed by atoms with Crippen molar-refractivity contribution >= 4 is 22.8 Å². The van der Waals surface area contributed by atoms with E-state index >= 15 is 0 Å². The van der Waals surface area contributed by atoms with Crippen LogP contribution in [0, 0.1) is 6.92 Å². The van der Waals surface area contributed by atoms with Crippen molar-refractivity contribution in [2.75, 3.05) is 18.5 Å². The largest absolute Gasteiger partial charge is 1.00 e. The maximum absolute atomic E-state index is 12.6. The summed E-state index contributed by atoms with van der Waals surface area (Å²) in [6, 6.07) is 15.2. The van der Waals surface area contributed by atoms with E-state index in [1.807, 2.05) is 60.0 Å². The Bertz CT molecular complexity index is 828. The zero-order valence-electron chi connectivity index (χ0n) is 13.4. The molecule has 2 aromatic carbocycles. The summed E-state index contributed by atoms with van der Waals surface area (Å²) in [6.45, 7) is 2.60. The lowest BCUT2D eigenvalue weighted by atomic mass is 10.1. The fraction of sp³-hybridized carbons (Fsp3) is 0.222. The van der Waals surface area contributed by atoms with E-state index in [1.165, 1.54) is 0 Å². The minimum Gasteiger partial charge on any atom is -1.00 e. The molecule has 0 unspecified atom stereocenters. The molecule has 2 N–H and O–H groups in total. The molecule has 24 heavy (non-hydrogen) atoms. The van der Waals surface area contributed by atoms with Gasteiger partial charge >= 0.3 is 0 Å². The topological polar surface area (TPSA) is 67.2 Å². The molecular weight excluding hydrogens is 370 g/mol. The number of anilines is 1. The van der Waals surface area contributed by atoms with Gasteiger partial charge in [-0.3, -0.25) is 4.79 Å². The van der Waals surface area contributed by atoms with Crippen LogP contribution in [-0.4, -0.2) is 33.6 Å². The number of aryl methyl sites for hydroxylation is 1. The predicted molar refractivity (Wildman–Crippen MR) is 90.8 cm³/mol. The SMILES string of the molecule is Cc1ccc(C(=O)Cn2c(NCCO)nc3ccccc32)cc1.[Br-]. The second kappa shape index (κ2) is 8.08. The first-order valence-corrected chi connectivity index (χ1v) is 7.59. The number of para-hydroxylation sites is 2. The third kappa shape index (κ3) is 3.83. The first-order valence-electron chi connectivity index (χ1n) is 7.59. The van der Waals surface area contributed by atoms with Crippen LogP contribution in [0.2, 0.25) is 0 Å². The third-order valence-electron chi connectivity index (χ3n) is 3.72. The van der Waals surface area contributed by atoms with Crippen LogP contribution in [0.5, 0.6) is 0 Å². The van der Waals surface area contributed by atoms with Gasteiger partial charge in [0.1, 0.15) is 0 Å². The lowest BCUT2D eigenvalue weighted by Crippen LogP contribution is -3.00. The number of imidazole rings is 1. The number of Topliss-reactive ketones (excluding diaryl/α,β-unsaturated/α-hetero) is 1. The summed E-state index contributed by atoms with van der Waals surface area (Å²) in [5.41, 5.74) is 3.53. The molecule has 6 heteroatoms.